The molecular formula is C16H29BN2O2. The molecule has 1 aliphatic heterocycles. The van der Waals surface area contributed by atoms with Crippen LogP contribution in [0.25, 0.3) is 0 Å². The fraction of sp³-hybridized carbons (Fsp3) is 0.812. The third-order valence-corrected chi connectivity index (χ3v) is 4.90. The molecule has 2 rings (SSSR count). The van der Waals surface area contributed by atoms with E-state index < -0.39 is 0 Å². The van der Waals surface area contributed by atoms with Gasteiger partial charge in [-0.3, -0.25) is 4.68 Å². The lowest BCUT2D eigenvalue weighted by atomic mass is 9.77. The van der Waals surface area contributed by atoms with Crippen LogP contribution in [0.3, 0.4) is 0 Å². The minimum Gasteiger partial charge on any atom is -0.399 e. The van der Waals surface area contributed by atoms with Gasteiger partial charge in [0.15, 0.2) is 0 Å². The van der Waals surface area contributed by atoms with Gasteiger partial charge in [0, 0.05) is 17.7 Å². The van der Waals surface area contributed by atoms with Crippen molar-refractivity contribution >= 4 is 12.6 Å². The normalized spacial score (nSPS) is 20.2. The van der Waals surface area contributed by atoms with Crippen LogP contribution in [0.1, 0.15) is 65.3 Å². The van der Waals surface area contributed by atoms with E-state index in [1.807, 2.05) is 6.92 Å². The van der Waals surface area contributed by atoms with Crippen molar-refractivity contribution in [3.05, 3.63) is 11.4 Å². The molecule has 0 saturated carbocycles. The van der Waals surface area contributed by atoms with E-state index in [9.17, 15) is 0 Å². The molecule has 2 heterocycles. The Morgan fingerprint density at radius 1 is 1.05 bits per heavy atom. The van der Waals surface area contributed by atoms with Crippen LogP contribution in [0.4, 0.5) is 0 Å². The van der Waals surface area contributed by atoms with Gasteiger partial charge in [-0.25, -0.2) is 0 Å². The predicted octanol–water partition coefficient (Wildman–Crippen LogP) is 2.99. The molecule has 118 valence electrons. The minimum atomic E-state index is -0.310. The number of unbranched alkanes of at least 4 members (excludes halogenated alkanes) is 2. The SMILES string of the molecule is CCCCCn1nc(C)c(B2OC(C)(C)C(C)(C)O2)c1C. The molecule has 0 radical (unpaired) electrons. The Bertz CT molecular complexity index is 493. The highest BCUT2D eigenvalue weighted by molar-refractivity contribution is 6.63. The highest BCUT2D eigenvalue weighted by atomic mass is 16.7. The van der Waals surface area contributed by atoms with Crippen LogP contribution >= 0.6 is 0 Å². The molecule has 1 aliphatic rings. The van der Waals surface area contributed by atoms with Crippen molar-refractivity contribution < 1.29 is 9.31 Å². The van der Waals surface area contributed by atoms with Crippen molar-refractivity contribution in [3.63, 3.8) is 0 Å². The van der Waals surface area contributed by atoms with Gasteiger partial charge in [0.05, 0.1) is 16.9 Å². The summed E-state index contributed by atoms with van der Waals surface area (Å²) in [6, 6.07) is 0. The molecule has 1 saturated heterocycles. The smallest absolute Gasteiger partial charge is 0.399 e. The van der Waals surface area contributed by atoms with Crippen LogP contribution in [0.15, 0.2) is 0 Å². The summed E-state index contributed by atoms with van der Waals surface area (Å²) in [4.78, 5) is 0. The maximum Gasteiger partial charge on any atom is 0.498 e. The zero-order chi connectivity index (χ0) is 15.8. The quantitative estimate of drug-likeness (QED) is 0.618. The second-order valence-corrected chi connectivity index (χ2v) is 7.10. The van der Waals surface area contributed by atoms with E-state index in [2.05, 4.69) is 51.3 Å². The molecule has 0 unspecified atom stereocenters. The lowest BCUT2D eigenvalue weighted by Gasteiger charge is -2.32. The van der Waals surface area contributed by atoms with Gasteiger partial charge in [-0.1, -0.05) is 19.8 Å². The molecule has 1 aromatic rings. The van der Waals surface area contributed by atoms with Gasteiger partial charge in [0.25, 0.3) is 0 Å². The van der Waals surface area contributed by atoms with Crippen molar-refractivity contribution in [3.8, 4) is 0 Å². The third kappa shape index (κ3) is 3.04. The Hall–Kier alpha value is -0.805. The summed E-state index contributed by atoms with van der Waals surface area (Å²) in [6.45, 7) is 15.7. The lowest BCUT2D eigenvalue weighted by Crippen LogP contribution is -2.41. The third-order valence-electron chi connectivity index (χ3n) is 4.90. The Labute approximate surface area is 129 Å². The fourth-order valence-electron chi connectivity index (χ4n) is 2.74. The van der Waals surface area contributed by atoms with Crippen molar-refractivity contribution in [1.82, 2.24) is 9.78 Å². The van der Waals surface area contributed by atoms with E-state index in [0.29, 0.717) is 0 Å². The monoisotopic (exact) mass is 292 g/mol. The molecule has 1 aromatic heterocycles. The van der Waals surface area contributed by atoms with Gasteiger partial charge in [-0.2, -0.15) is 5.10 Å². The molecule has 0 bridgehead atoms. The van der Waals surface area contributed by atoms with E-state index in [1.165, 1.54) is 25.0 Å². The van der Waals surface area contributed by atoms with Crippen LogP contribution in [0.5, 0.6) is 0 Å². The first-order valence-corrected chi connectivity index (χ1v) is 8.09. The Morgan fingerprint density at radius 3 is 2.14 bits per heavy atom. The fourth-order valence-corrected chi connectivity index (χ4v) is 2.74. The summed E-state index contributed by atoms with van der Waals surface area (Å²) in [5, 5.41) is 4.68. The van der Waals surface area contributed by atoms with Crippen LogP contribution in [0, 0.1) is 13.8 Å². The van der Waals surface area contributed by atoms with Crippen molar-refractivity contribution in [2.45, 2.75) is 85.5 Å². The van der Waals surface area contributed by atoms with Gasteiger partial charge in [-0.15, -0.1) is 0 Å². The first kappa shape index (κ1) is 16.6. The molecule has 5 heteroatoms. The van der Waals surface area contributed by atoms with E-state index in [1.54, 1.807) is 0 Å². The molecular weight excluding hydrogens is 263 g/mol. The second-order valence-electron chi connectivity index (χ2n) is 7.10. The van der Waals surface area contributed by atoms with Crippen LogP contribution < -0.4 is 5.46 Å². The van der Waals surface area contributed by atoms with Gasteiger partial charge >= 0.3 is 7.12 Å². The van der Waals surface area contributed by atoms with Crippen LogP contribution in [-0.4, -0.2) is 28.1 Å². The number of aryl methyl sites for hydroxylation is 2. The van der Waals surface area contributed by atoms with Crippen LogP contribution in [0.2, 0.25) is 0 Å². The first-order chi connectivity index (χ1) is 9.69. The molecule has 4 nitrogen and oxygen atoms in total. The summed E-state index contributed by atoms with van der Waals surface area (Å²) in [7, 11) is -0.310. The van der Waals surface area contributed by atoms with Gasteiger partial charge in [-0.05, 0) is 48.0 Å². The highest BCUT2D eigenvalue weighted by Gasteiger charge is 2.53. The van der Waals surface area contributed by atoms with Crippen molar-refractivity contribution in [1.29, 1.82) is 0 Å². The topological polar surface area (TPSA) is 36.3 Å². The Kier molecular flexibility index (Phi) is 4.55. The van der Waals surface area contributed by atoms with Gasteiger partial charge < -0.3 is 9.31 Å². The molecule has 21 heavy (non-hydrogen) atoms. The zero-order valence-electron chi connectivity index (χ0n) is 14.6. The summed E-state index contributed by atoms with van der Waals surface area (Å²) in [6.07, 6.45) is 3.63. The summed E-state index contributed by atoms with van der Waals surface area (Å²) < 4.78 is 14.5. The molecule has 0 aliphatic carbocycles. The summed E-state index contributed by atoms with van der Waals surface area (Å²) in [5.74, 6) is 0. The standard InChI is InChI=1S/C16H29BN2O2/c1-8-9-10-11-19-13(3)14(12(2)18-19)17-20-15(4,5)16(6,7)21-17/h8-11H2,1-7H3. The van der Waals surface area contributed by atoms with E-state index in [4.69, 9.17) is 9.31 Å². The summed E-state index contributed by atoms with van der Waals surface area (Å²) >= 11 is 0. The largest absolute Gasteiger partial charge is 0.498 e. The highest BCUT2D eigenvalue weighted by Crippen LogP contribution is 2.36. The number of nitrogens with zero attached hydrogens (tertiary/aromatic N) is 2. The molecule has 0 amide bonds. The number of aromatic nitrogens is 2. The number of hydrogen-bond donors (Lipinski definition) is 0. The lowest BCUT2D eigenvalue weighted by molar-refractivity contribution is 0.00578. The van der Waals surface area contributed by atoms with E-state index in [0.717, 1.165) is 17.7 Å². The molecule has 1 fully saturated rings. The molecule has 0 atom stereocenters. The number of hydrogen-bond acceptors (Lipinski definition) is 3. The average molecular weight is 292 g/mol. The number of rotatable bonds is 5. The van der Waals surface area contributed by atoms with Gasteiger partial charge in [0.2, 0.25) is 0 Å². The van der Waals surface area contributed by atoms with Crippen molar-refractivity contribution in [2.24, 2.45) is 0 Å². The average Bonchev–Trinajstić information content (AvgIpc) is 2.74. The zero-order valence-corrected chi connectivity index (χ0v) is 14.6. The second kappa shape index (κ2) is 5.77. The van der Waals surface area contributed by atoms with Gasteiger partial charge in [0.1, 0.15) is 0 Å². The maximum absolute atomic E-state index is 6.18. The molecule has 0 N–H and O–H groups in total. The van der Waals surface area contributed by atoms with E-state index >= 15 is 0 Å². The maximum atomic E-state index is 6.18. The first-order valence-electron chi connectivity index (χ1n) is 8.09. The molecule has 0 aromatic carbocycles. The van der Waals surface area contributed by atoms with Crippen molar-refractivity contribution in [2.75, 3.05) is 0 Å². The van der Waals surface area contributed by atoms with E-state index in [-0.39, 0.29) is 18.3 Å². The molecule has 0 spiro atoms. The summed E-state index contributed by atoms with van der Waals surface area (Å²) in [5.41, 5.74) is 2.68. The van der Waals surface area contributed by atoms with Crippen LogP contribution in [-0.2, 0) is 15.9 Å². The predicted molar refractivity (Wildman–Crippen MR) is 86.9 cm³/mol. The minimum absolute atomic E-state index is 0.305. The Balaban J connectivity index is 2.22. The Morgan fingerprint density at radius 2 is 1.62 bits per heavy atom.